The van der Waals surface area contributed by atoms with Gasteiger partial charge in [0.15, 0.2) is 0 Å². The summed E-state index contributed by atoms with van der Waals surface area (Å²) in [5.74, 6) is -0.469. The van der Waals surface area contributed by atoms with Crippen molar-refractivity contribution in [2.75, 3.05) is 0 Å². The molecule has 0 spiro atoms. The van der Waals surface area contributed by atoms with Gasteiger partial charge >= 0.3 is 0 Å². The lowest BCUT2D eigenvalue weighted by Gasteiger charge is -2.05. The molecule has 0 aromatic carbocycles. The summed E-state index contributed by atoms with van der Waals surface area (Å²) in [5, 5.41) is 3.97. The molecule has 0 aliphatic heterocycles. The summed E-state index contributed by atoms with van der Waals surface area (Å²) in [6.45, 7) is 3.02. The molecule has 70 valence electrons. The molecule has 2 rings (SSSR count). The van der Waals surface area contributed by atoms with Crippen LogP contribution < -0.4 is 5.73 Å². The van der Waals surface area contributed by atoms with Gasteiger partial charge in [-0.1, -0.05) is 6.92 Å². The second kappa shape index (κ2) is 2.55. The molecule has 0 bridgehead atoms. The number of carbonyl (C=O) groups is 1. The third-order valence-corrected chi connectivity index (χ3v) is 2.40. The first-order chi connectivity index (χ1) is 6.09. The fourth-order valence-corrected chi connectivity index (χ4v) is 1.25. The van der Waals surface area contributed by atoms with Gasteiger partial charge in [0.1, 0.15) is 6.33 Å². The molecule has 0 atom stereocenters. The van der Waals surface area contributed by atoms with Crippen LogP contribution >= 0.6 is 0 Å². The number of hydrogen-bond acceptors (Lipinski definition) is 3. The maximum absolute atomic E-state index is 10.7. The molecule has 1 heterocycles. The lowest BCUT2D eigenvalue weighted by atomic mass is 10.1. The van der Waals surface area contributed by atoms with Crippen LogP contribution in [-0.4, -0.2) is 20.7 Å². The van der Waals surface area contributed by atoms with Crippen LogP contribution in [0.15, 0.2) is 6.33 Å². The Morgan fingerprint density at radius 1 is 1.77 bits per heavy atom. The van der Waals surface area contributed by atoms with Crippen LogP contribution in [0.5, 0.6) is 0 Å². The van der Waals surface area contributed by atoms with E-state index < -0.39 is 5.91 Å². The van der Waals surface area contributed by atoms with Crippen molar-refractivity contribution in [2.45, 2.75) is 26.3 Å². The second-order valence-corrected chi connectivity index (χ2v) is 3.94. The normalized spacial score (nSPS) is 18.5. The van der Waals surface area contributed by atoms with Gasteiger partial charge in [-0.15, -0.1) is 5.10 Å². The van der Waals surface area contributed by atoms with Crippen LogP contribution in [0.3, 0.4) is 0 Å². The summed E-state index contributed by atoms with van der Waals surface area (Å²) in [6.07, 6.45) is 4.00. The highest BCUT2D eigenvalue weighted by atomic mass is 16.1. The van der Waals surface area contributed by atoms with Crippen molar-refractivity contribution >= 4 is 5.91 Å². The third kappa shape index (κ3) is 1.68. The molecule has 1 saturated carbocycles. The van der Waals surface area contributed by atoms with Crippen molar-refractivity contribution in [3.8, 4) is 0 Å². The van der Waals surface area contributed by atoms with E-state index in [1.54, 1.807) is 11.0 Å². The smallest absolute Gasteiger partial charge is 0.288 e. The van der Waals surface area contributed by atoms with E-state index in [-0.39, 0.29) is 5.82 Å². The topological polar surface area (TPSA) is 73.8 Å². The number of hydrogen-bond donors (Lipinski definition) is 1. The molecule has 1 aromatic rings. The zero-order chi connectivity index (χ0) is 9.47. The first kappa shape index (κ1) is 8.22. The van der Waals surface area contributed by atoms with E-state index in [4.69, 9.17) is 5.73 Å². The Kier molecular flexibility index (Phi) is 1.61. The van der Waals surface area contributed by atoms with Crippen LogP contribution in [0.2, 0.25) is 0 Å². The van der Waals surface area contributed by atoms with E-state index in [0.717, 1.165) is 6.54 Å². The van der Waals surface area contributed by atoms with Gasteiger partial charge in [-0.25, -0.2) is 4.98 Å². The number of rotatable bonds is 3. The number of nitrogens with zero attached hydrogens (tertiary/aromatic N) is 3. The largest absolute Gasteiger partial charge is 0.363 e. The first-order valence-corrected chi connectivity index (χ1v) is 4.28. The van der Waals surface area contributed by atoms with Crippen molar-refractivity contribution in [3.63, 3.8) is 0 Å². The van der Waals surface area contributed by atoms with Gasteiger partial charge in [-0.3, -0.25) is 9.48 Å². The Balaban J connectivity index is 2.09. The number of amides is 1. The molecule has 13 heavy (non-hydrogen) atoms. The molecular formula is C8H12N4O. The molecular weight excluding hydrogens is 168 g/mol. The average Bonchev–Trinajstić information content (AvgIpc) is 2.62. The molecule has 1 fully saturated rings. The van der Waals surface area contributed by atoms with Gasteiger partial charge in [0.25, 0.3) is 5.91 Å². The number of nitrogens with two attached hydrogens (primary N) is 1. The predicted octanol–water partition coefficient (Wildman–Crippen LogP) is 0.177. The van der Waals surface area contributed by atoms with Crippen LogP contribution in [0.25, 0.3) is 0 Å². The van der Waals surface area contributed by atoms with Gasteiger partial charge in [-0.2, -0.15) is 0 Å². The van der Waals surface area contributed by atoms with Crippen molar-refractivity contribution in [3.05, 3.63) is 12.2 Å². The summed E-state index contributed by atoms with van der Waals surface area (Å²) in [6, 6.07) is 0. The van der Waals surface area contributed by atoms with Crippen LogP contribution in [0, 0.1) is 5.41 Å². The SMILES string of the molecule is CC1(Cn2cnc(C(N)=O)n2)CC1. The van der Waals surface area contributed by atoms with E-state index in [2.05, 4.69) is 17.0 Å². The van der Waals surface area contributed by atoms with Crippen molar-refractivity contribution in [2.24, 2.45) is 11.1 Å². The monoisotopic (exact) mass is 180 g/mol. The Bertz CT molecular complexity index is 340. The maximum Gasteiger partial charge on any atom is 0.288 e. The Morgan fingerprint density at radius 3 is 2.92 bits per heavy atom. The van der Waals surface area contributed by atoms with E-state index >= 15 is 0 Å². The summed E-state index contributed by atoms with van der Waals surface area (Å²) < 4.78 is 1.69. The van der Waals surface area contributed by atoms with Gasteiger partial charge < -0.3 is 5.73 Å². The van der Waals surface area contributed by atoms with Gasteiger partial charge in [0.05, 0.1) is 0 Å². The van der Waals surface area contributed by atoms with Crippen molar-refractivity contribution in [1.29, 1.82) is 0 Å². The van der Waals surface area contributed by atoms with E-state index in [1.165, 1.54) is 12.8 Å². The highest BCUT2D eigenvalue weighted by Crippen LogP contribution is 2.46. The third-order valence-electron chi connectivity index (χ3n) is 2.40. The Morgan fingerprint density at radius 2 is 2.46 bits per heavy atom. The summed E-state index contributed by atoms with van der Waals surface area (Å²) in [5.41, 5.74) is 5.39. The molecule has 1 aromatic heterocycles. The molecule has 5 heteroatoms. The van der Waals surface area contributed by atoms with Crippen LogP contribution in [-0.2, 0) is 6.54 Å². The highest BCUT2D eigenvalue weighted by Gasteiger charge is 2.37. The standard InChI is InChI=1S/C8H12N4O/c1-8(2-3-8)4-12-5-10-7(11-12)6(9)13/h5H,2-4H2,1H3,(H2,9,13). The molecule has 1 aliphatic rings. The quantitative estimate of drug-likeness (QED) is 0.720. The minimum atomic E-state index is -0.570. The fraction of sp³-hybridized carbons (Fsp3) is 0.625. The minimum absolute atomic E-state index is 0.101. The lowest BCUT2D eigenvalue weighted by Crippen LogP contribution is -2.15. The molecule has 0 unspecified atom stereocenters. The molecule has 0 radical (unpaired) electrons. The number of aromatic nitrogens is 3. The van der Waals surface area contributed by atoms with Crippen molar-refractivity contribution < 1.29 is 4.79 Å². The molecule has 1 amide bonds. The lowest BCUT2D eigenvalue weighted by molar-refractivity contribution is 0.0990. The van der Waals surface area contributed by atoms with E-state index in [9.17, 15) is 4.79 Å². The Hall–Kier alpha value is -1.39. The van der Waals surface area contributed by atoms with Gasteiger partial charge in [0, 0.05) is 6.54 Å². The predicted molar refractivity (Wildman–Crippen MR) is 45.9 cm³/mol. The molecule has 2 N–H and O–H groups in total. The van der Waals surface area contributed by atoms with Gasteiger partial charge in [0.2, 0.25) is 5.82 Å². The van der Waals surface area contributed by atoms with Crippen molar-refractivity contribution in [1.82, 2.24) is 14.8 Å². The summed E-state index contributed by atoms with van der Waals surface area (Å²) in [7, 11) is 0. The molecule has 5 nitrogen and oxygen atoms in total. The second-order valence-electron chi connectivity index (χ2n) is 3.94. The molecule has 0 saturated heterocycles. The van der Waals surface area contributed by atoms with E-state index in [1.807, 2.05) is 0 Å². The zero-order valence-electron chi connectivity index (χ0n) is 7.53. The zero-order valence-corrected chi connectivity index (χ0v) is 7.53. The van der Waals surface area contributed by atoms with Crippen LogP contribution in [0.4, 0.5) is 0 Å². The van der Waals surface area contributed by atoms with Crippen LogP contribution in [0.1, 0.15) is 30.4 Å². The fourth-order valence-electron chi connectivity index (χ4n) is 1.25. The molecule has 1 aliphatic carbocycles. The highest BCUT2D eigenvalue weighted by molar-refractivity contribution is 5.88. The summed E-state index contributed by atoms with van der Waals surface area (Å²) in [4.78, 5) is 14.5. The first-order valence-electron chi connectivity index (χ1n) is 4.28. The Labute approximate surface area is 75.9 Å². The van der Waals surface area contributed by atoms with Gasteiger partial charge in [-0.05, 0) is 18.3 Å². The number of carbonyl (C=O) groups excluding carboxylic acids is 1. The number of primary amides is 1. The maximum atomic E-state index is 10.7. The minimum Gasteiger partial charge on any atom is -0.363 e. The van der Waals surface area contributed by atoms with E-state index in [0.29, 0.717) is 5.41 Å². The average molecular weight is 180 g/mol. The summed E-state index contributed by atoms with van der Waals surface area (Å²) >= 11 is 0.